The number of hydrogen-bond donors (Lipinski definition) is 0. The van der Waals surface area contributed by atoms with Crippen LogP contribution >= 0.6 is 0 Å². The molecule has 0 fully saturated rings. The van der Waals surface area contributed by atoms with E-state index in [-0.39, 0.29) is 37.2 Å². The summed E-state index contributed by atoms with van der Waals surface area (Å²) in [4.78, 5) is 26.3. The molecule has 7 nitrogen and oxygen atoms in total. The highest BCUT2D eigenvalue weighted by Gasteiger charge is 2.32. The zero-order chi connectivity index (χ0) is 26.9. The van der Waals surface area contributed by atoms with E-state index in [0.717, 1.165) is 22.1 Å². The molecular formula is C28H22F3NO6. The minimum atomic E-state index is -4.79. The Bertz CT molecular complexity index is 1490. The van der Waals surface area contributed by atoms with Gasteiger partial charge in [-0.3, -0.25) is 9.59 Å². The van der Waals surface area contributed by atoms with Crippen molar-refractivity contribution < 1.29 is 41.4 Å². The number of hydrogen-bond acceptors (Lipinski definition) is 6. The summed E-state index contributed by atoms with van der Waals surface area (Å²) < 4.78 is 57.8. The van der Waals surface area contributed by atoms with Crippen molar-refractivity contribution in [2.24, 2.45) is 0 Å². The fraction of sp³-hybridized carbons (Fsp3) is 0.214. The monoisotopic (exact) mass is 525 g/mol. The van der Waals surface area contributed by atoms with Gasteiger partial charge in [-0.2, -0.15) is 0 Å². The Balaban J connectivity index is 1.29. The molecule has 1 aliphatic heterocycles. The number of carbonyl (C=O) groups is 2. The molecule has 0 atom stereocenters. The van der Waals surface area contributed by atoms with E-state index in [1.165, 1.54) is 35.4 Å². The van der Waals surface area contributed by atoms with E-state index < -0.39 is 6.36 Å². The second-order valence-corrected chi connectivity index (χ2v) is 8.57. The zero-order valence-electron chi connectivity index (χ0n) is 20.2. The van der Waals surface area contributed by atoms with Gasteiger partial charge in [0.1, 0.15) is 23.7 Å². The summed E-state index contributed by atoms with van der Waals surface area (Å²) in [6, 6.07) is 15.8. The molecule has 38 heavy (non-hydrogen) atoms. The number of benzene rings is 3. The normalized spacial score (nSPS) is 13.1. The number of fused-ring (bicyclic) bond motifs is 2. The largest absolute Gasteiger partial charge is 0.573 e. The van der Waals surface area contributed by atoms with Crippen molar-refractivity contribution in [2.45, 2.75) is 32.9 Å². The molecule has 0 saturated heterocycles. The summed E-state index contributed by atoms with van der Waals surface area (Å²) in [5.41, 5.74) is 3.84. The molecule has 5 rings (SSSR count). The van der Waals surface area contributed by atoms with Crippen molar-refractivity contribution in [3.8, 4) is 11.5 Å². The Morgan fingerprint density at radius 1 is 1.03 bits per heavy atom. The number of alkyl halides is 3. The summed E-state index contributed by atoms with van der Waals surface area (Å²) >= 11 is 0. The molecule has 0 radical (unpaired) electrons. The third-order valence-corrected chi connectivity index (χ3v) is 6.11. The van der Waals surface area contributed by atoms with Gasteiger partial charge in [0.05, 0.1) is 25.8 Å². The molecule has 4 aromatic rings. The molecule has 3 aromatic carbocycles. The fourth-order valence-electron chi connectivity index (χ4n) is 4.39. The Labute approximate surface area is 215 Å². The second-order valence-electron chi connectivity index (χ2n) is 8.57. The molecule has 1 amide bonds. The van der Waals surface area contributed by atoms with Crippen LogP contribution in [0.5, 0.6) is 11.5 Å². The maximum absolute atomic E-state index is 13.0. The first kappa shape index (κ1) is 25.2. The van der Waals surface area contributed by atoms with Gasteiger partial charge in [0.25, 0.3) is 5.91 Å². The number of furan rings is 1. The highest BCUT2D eigenvalue weighted by molar-refractivity contribution is 6.10. The van der Waals surface area contributed by atoms with E-state index in [4.69, 9.17) is 13.9 Å². The lowest BCUT2D eigenvalue weighted by Gasteiger charge is -2.17. The number of rotatable bonds is 8. The lowest BCUT2D eigenvalue weighted by Crippen LogP contribution is -2.23. The van der Waals surface area contributed by atoms with Gasteiger partial charge < -0.3 is 23.5 Å². The molecule has 1 aromatic heterocycles. The van der Waals surface area contributed by atoms with E-state index in [1.54, 1.807) is 31.2 Å². The molecule has 196 valence electrons. The maximum Gasteiger partial charge on any atom is 0.573 e. The molecular weight excluding hydrogens is 503 g/mol. The summed E-state index contributed by atoms with van der Waals surface area (Å²) in [7, 11) is 0. The first-order valence-corrected chi connectivity index (χ1v) is 11.8. The third-order valence-electron chi connectivity index (χ3n) is 6.11. The van der Waals surface area contributed by atoms with Gasteiger partial charge >= 0.3 is 12.3 Å². The van der Waals surface area contributed by atoms with E-state index in [0.29, 0.717) is 29.2 Å². The Hall–Kier alpha value is -4.47. The molecule has 0 saturated carbocycles. The Kier molecular flexibility index (Phi) is 6.71. The van der Waals surface area contributed by atoms with E-state index >= 15 is 0 Å². The molecule has 0 unspecified atom stereocenters. The molecule has 10 heteroatoms. The molecule has 2 heterocycles. The lowest BCUT2D eigenvalue weighted by atomic mass is 10.0. The van der Waals surface area contributed by atoms with Crippen LogP contribution in [0.3, 0.4) is 0 Å². The number of nitrogens with zero attached hydrogens (tertiary/aromatic N) is 1. The molecule has 0 N–H and O–H groups in total. The van der Waals surface area contributed by atoms with Gasteiger partial charge in [0, 0.05) is 28.3 Å². The van der Waals surface area contributed by atoms with Gasteiger partial charge in [-0.05, 0) is 60.5 Å². The third kappa shape index (κ3) is 5.29. The number of halogens is 3. The van der Waals surface area contributed by atoms with E-state index in [2.05, 4.69) is 4.74 Å². The summed E-state index contributed by atoms with van der Waals surface area (Å²) in [6.07, 6.45) is -3.15. The van der Waals surface area contributed by atoms with Crippen molar-refractivity contribution in [1.82, 2.24) is 0 Å². The van der Waals surface area contributed by atoms with Crippen LogP contribution in [0.4, 0.5) is 18.9 Å². The van der Waals surface area contributed by atoms with Gasteiger partial charge in [-0.15, -0.1) is 13.2 Å². The fourth-order valence-corrected chi connectivity index (χ4v) is 4.39. The van der Waals surface area contributed by atoms with E-state index in [9.17, 15) is 22.8 Å². The number of ether oxygens (including phenoxy) is 3. The molecule has 0 bridgehead atoms. The average Bonchev–Trinajstić information content (AvgIpc) is 3.43. The lowest BCUT2D eigenvalue weighted by molar-refractivity contribution is -0.274. The predicted octanol–water partition coefficient (Wildman–Crippen LogP) is 6.18. The highest BCUT2D eigenvalue weighted by atomic mass is 19.4. The van der Waals surface area contributed by atoms with Gasteiger partial charge in [0.2, 0.25) is 0 Å². The maximum atomic E-state index is 13.0. The van der Waals surface area contributed by atoms with Crippen molar-refractivity contribution in [2.75, 3.05) is 11.5 Å². The number of anilines is 1. The molecule has 1 aliphatic rings. The van der Waals surface area contributed by atoms with Crippen molar-refractivity contribution in [3.05, 3.63) is 89.2 Å². The van der Waals surface area contributed by atoms with Crippen molar-refractivity contribution in [1.29, 1.82) is 0 Å². The van der Waals surface area contributed by atoms with Crippen LogP contribution in [0.15, 0.2) is 71.3 Å². The van der Waals surface area contributed by atoms with Crippen LogP contribution in [0.25, 0.3) is 11.0 Å². The van der Waals surface area contributed by atoms with Crippen LogP contribution in [-0.4, -0.2) is 24.8 Å². The Morgan fingerprint density at radius 2 is 1.79 bits per heavy atom. The number of esters is 1. The summed E-state index contributed by atoms with van der Waals surface area (Å²) in [6.45, 7) is 2.49. The van der Waals surface area contributed by atoms with Crippen molar-refractivity contribution in [3.63, 3.8) is 0 Å². The molecule has 0 spiro atoms. The average molecular weight is 525 g/mol. The quantitative estimate of drug-likeness (QED) is 0.256. The SMILES string of the molecule is CCOC(=O)Cc1coc2cc(OCc3cccc4c3CN(c3ccc(OC(F)(F)F)cc3)C4=O)ccc12. The first-order valence-electron chi connectivity index (χ1n) is 11.8. The number of carbonyl (C=O) groups excluding carboxylic acids is 2. The van der Waals surface area contributed by atoms with Crippen molar-refractivity contribution >= 4 is 28.5 Å². The predicted molar refractivity (Wildman–Crippen MR) is 131 cm³/mol. The highest BCUT2D eigenvalue weighted by Crippen LogP contribution is 2.33. The second kappa shape index (κ2) is 10.1. The molecule has 0 aliphatic carbocycles. The number of amides is 1. The van der Waals surface area contributed by atoms with Crippen LogP contribution in [0.1, 0.15) is 34.0 Å². The van der Waals surface area contributed by atoms with E-state index in [1.807, 2.05) is 12.1 Å². The topological polar surface area (TPSA) is 78.2 Å². The summed E-state index contributed by atoms with van der Waals surface area (Å²) in [5.74, 6) is -0.394. The Morgan fingerprint density at radius 3 is 2.53 bits per heavy atom. The standard InChI is InChI=1S/C28H22F3NO6/c1-2-35-26(33)12-18-16-37-25-13-21(10-11-22(18)25)36-15-17-4-3-5-23-24(17)14-32(27(23)34)19-6-8-20(9-7-19)38-28(29,30)31/h3-11,13,16H,2,12,14-15H2,1H3. The van der Waals surface area contributed by atoms with Gasteiger partial charge in [0.15, 0.2) is 0 Å². The minimum absolute atomic E-state index is 0.111. The zero-order valence-corrected chi connectivity index (χ0v) is 20.2. The smallest absolute Gasteiger partial charge is 0.489 e. The van der Waals surface area contributed by atoms with Crippen LogP contribution < -0.4 is 14.4 Å². The van der Waals surface area contributed by atoms with Gasteiger partial charge in [-0.1, -0.05) is 12.1 Å². The summed E-state index contributed by atoms with van der Waals surface area (Å²) in [5, 5.41) is 0.791. The van der Waals surface area contributed by atoms with Crippen LogP contribution in [-0.2, 0) is 29.1 Å². The van der Waals surface area contributed by atoms with Crippen LogP contribution in [0.2, 0.25) is 0 Å². The first-order chi connectivity index (χ1) is 18.2. The minimum Gasteiger partial charge on any atom is -0.489 e. The van der Waals surface area contributed by atoms with Gasteiger partial charge in [-0.25, -0.2) is 0 Å². The van der Waals surface area contributed by atoms with Crippen LogP contribution in [0, 0.1) is 0 Å².